The van der Waals surface area contributed by atoms with E-state index in [2.05, 4.69) is 20.8 Å². The Morgan fingerprint density at radius 2 is 1.68 bits per heavy atom. The average molecular weight is 328 g/mol. The van der Waals surface area contributed by atoms with Gasteiger partial charge in [0.1, 0.15) is 11.5 Å². The lowest BCUT2D eigenvalue weighted by atomic mass is 9.91. The lowest BCUT2D eigenvalue weighted by Gasteiger charge is -2.21. The van der Waals surface area contributed by atoms with Crippen molar-refractivity contribution in [1.29, 1.82) is 0 Å². The van der Waals surface area contributed by atoms with Crippen LogP contribution in [0.5, 0.6) is 11.5 Å². The molecule has 0 amide bonds. The third kappa shape index (κ3) is 5.69. The fourth-order valence-electron chi connectivity index (χ4n) is 2.47. The molecule has 0 aliphatic heterocycles. The van der Waals surface area contributed by atoms with E-state index in [-0.39, 0.29) is 0 Å². The molecule has 1 atom stereocenters. The summed E-state index contributed by atoms with van der Waals surface area (Å²) in [6.07, 6.45) is 5.05. The van der Waals surface area contributed by atoms with Crippen molar-refractivity contribution < 1.29 is 9.47 Å². The van der Waals surface area contributed by atoms with Gasteiger partial charge in [-0.1, -0.05) is 32.4 Å². The predicted octanol–water partition coefficient (Wildman–Crippen LogP) is 5.15. The lowest BCUT2D eigenvalue weighted by Crippen LogP contribution is -2.07. The van der Waals surface area contributed by atoms with Gasteiger partial charge in [0, 0.05) is 6.07 Å². The van der Waals surface area contributed by atoms with Crippen LogP contribution in [0.2, 0.25) is 5.02 Å². The van der Waals surface area contributed by atoms with Crippen LogP contribution < -0.4 is 15.2 Å². The summed E-state index contributed by atoms with van der Waals surface area (Å²) in [5.74, 6) is 2.04. The number of nitrogens with two attached hydrogens (primary N) is 1. The highest BCUT2D eigenvalue weighted by molar-refractivity contribution is 6.32. The zero-order valence-electron chi connectivity index (χ0n) is 14.2. The van der Waals surface area contributed by atoms with Gasteiger partial charge in [-0.05, 0) is 56.2 Å². The van der Waals surface area contributed by atoms with E-state index in [1.165, 1.54) is 5.56 Å². The average Bonchev–Trinajstić information content (AvgIpc) is 2.53. The molecule has 1 aromatic carbocycles. The fraction of sp³-hybridized carbons (Fsp3) is 0.667. The molecule has 0 aromatic heterocycles. The van der Waals surface area contributed by atoms with E-state index in [0.29, 0.717) is 36.4 Å². The highest BCUT2D eigenvalue weighted by Crippen LogP contribution is 2.39. The van der Waals surface area contributed by atoms with Crippen molar-refractivity contribution in [3.05, 3.63) is 22.7 Å². The molecule has 4 heteroatoms. The first-order valence-corrected chi connectivity index (χ1v) is 8.84. The van der Waals surface area contributed by atoms with Crippen molar-refractivity contribution in [2.24, 2.45) is 5.73 Å². The molecule has 2 N–H and O–H groups in total. The van der Waals surface area contributed by atoms with E-state index < -0.39 is 0 Å². The summed E-state index contributed by atoms with van der Waals surface area (Å²) in [6.45, 7) is 8.46. The summed E-state index contributed by atoms with van der Waals surface area (Å²) < 4.78 is 11.7. The number of hydrogen-bond donors (Lipinski definition) is 1. The van der Waals surface area contributed by atoms with Crippen LogP contribution >= 0.6 is 11.6 Å². The first-order chi connectivity index (χ1) is 10.7. The van der Waals surface area contributed by atoms with E-state index >= 15 is 0 Å². The summed E-state index contributed by atoms with van der Waals surface area (Å²) in [5.41, 5.74) is 6.84. The molecule has 126 valence electrons. The molecule has 0 radical (unpaired) electrons. The summed E-state index contributed by atoms with van der Waals surface area (Å²) in [6, 6.07) is 3.97. The van der Waals surface area contributed by atoms with E-state index in [1.54, 1.807) is 0 Å². The molecule has 1 rings (SSSR count). The molecule has 0 spiro atoms. The Hall–Kier alpha value is -0.930. The van der Waals surface area contributed by atoms with Gasteiger partial charge in [-0.3, -0.25) is 0 Å². The van der Waals surface area contributed by atoms with E-state index in [4.69, 9.17) is 26.8 Å². The Balaban J connectivity index is 3.07. The molecular weight excluding hydrogens is 298 g/mol. The van der Waals surface area contributed by atoms with Gasteiger partial charge in [-0.25, -0.2) is 0 Å². The van der Waals surface area contributed by atoms with Crippen LogP contribution in [-0.2, 0) is 0 Å². The molecule has 0 aliphatic carbocycles. The van der Waals surface area contributed by atoms with Gasteiger partial charge in [0.15, 0.2) is 0 Å². The Morgan fingerprint density at radius 1 is 1.05 bits per heavy atom. The summed E-state index contributed by atoms with van der Waals surface area (Å²) in [7, 11) is 0. The normalized spacial score (nSPS) is 12.2. The van der Waals surface area contributed by atoms with Gasteiger partial charge in [-0.2, -0.15) is 0 Å². The second-order valence-electron chi connectivity index (χ2n) is 5.55. The maximum Gasteiger partial charge on any atom is 0.141 e. The molecule has 0 aliphatic rings. The van der Waals surface area contributed by atoms with Gasteiger partial charge in [0.05, 0.1) is 18.2 Å². The SMILES string of the molecule is CCCOc1cc(OCCC)c(C(CC)CCCN)cc1Cl. The van der Waals surface area contributed by atoms with Gasteiger partial charge < -0.3 is 15.2 Å². The van der Waals surface area contributed by atoms with Gasteiger partial charge in [0.2, 0.25) is 0 Å². The van der Waals surface area contributed by atoms with Crippen molar-refractivity contribution in [2.75, 3.05) is 19.8 Å². The number of halogens is 1. The summed E-state index contributed by atoms with van der Waals surface area (Å²) >= 11 is 6.40. The van der Waals surface area contributed by atoms with Crippen LogP contribution in [0.25, 0.3) is 0 Å². The molecule has 3 nitrogen and oxygen atoms in total. The molecule has 0 bridgehead atoms. The van der Waals surface area contributed by atoms with E-state index in [1.807, 2.05) is 12.1 Å². The Kier molecular flexibility index (Phi) is 9.33. The number of ether oxygens (including phenoxy) is 2. The maximum absolute atomic E-state index is 6.40. The standard InChI is InChI=1S/C18H30ClNO2/c1-4-10-21-17-13-18(22-11-5-2)16(19)12-15(17)14(6-3)8-7-9-20/h12-14H,4-11,20H2,1-3H3. The highest BCUT2D eigenvalue weighted by Gasteiger charge is 2.18. The smallest absolute Gasteiger partial charge is 0.141 e. The minimum atomic E-state index is 0.424. The summed E-state index contributed by atoms with van der Waals surface area (Å²) in [5, 5.41) is 0.665. The predicted molar refractivity (Wildman–Crippen MR) is 94.3 cm³/mol. The summed E-state index contributed by atoms with van der Waals surface area (Å²) in [4.78, 5) is 0. The molecule has 0 saturated heterocycles. The van der Waals surface area contributed by atoms with Crippen LogP contribution in [0.15, 0.2) is 12.1 Å². The van der Waals surface area contributed by atoms with Gasteiger partial charge in [0.25, 0.3) is 0 Å². The minimum absolute atomic E-state index is 0.424. The Morgan fingerprint density at radius 3 is 2.23 bits per heavy atom. The third-order valence-electron chi connectivity index (χ3n) is 3.68. The molecule has 1 aromatic rings. The van der Waals surface area contributed by atoms with Crippen molar-refractivity contribution in [1.82, 2.24) is 0 Å². The van der Waals surface area contributed by atoms with Crippen LogP contribution in [0, 0.1) is 0 Å². The zero-order chi connectivity index (χ0) is 16.4. The van der Waals surface area contributed by atoms with Crippen LogP contribution in [0.3, 0.4) is 0 Å². The lowest BCUT2D eigenvalue weighted by molar-refractivity contribution is 0.297. The largest absolute Gasteiger partial charge is 0.493 e. The van der Waals surface area contributed by atoms with Crippen molar-refractivity contribution in [2.45, 2.75) is 58.8 Å². The second-order valence-corrected chi connectivity index (χ2v) is 5.96. The maximum atomic E-state index is 6.40. The Bertz CT molecular complexity index is 437. The molecule has 0 saturated carbocycles. The molecule has 22 heavy (non-hydrogen) atoms. The van der Waals surface area contributed by atoms with Gasteiger partial charge >= 0.3 is 0 Å². The van der Waals surface area contributed by atoms with E-state index in [0.717, 1.165) is 37.9 Å². The molecule has 0 fully saturated rings. The molecule has 1 unspecified atom stereocenters. The van der Waals surface area contributed by atoms with Crippen LogP contribution in [0.1, 0.15) is 64.4 Å². The quantitative estimate of drug-likeness (QED) is 0.611. The third-order valence-corrected chi connectivity index (χ3v) is 3.97. The van der Waals surface area contributed by atoms with E-state index in [9.17, 15) is 0 Å². The zero-order valence-corrected chi connectivity index (χ0v) is 14.9. The van der Waals surface area contributed by atoms with Crippen molar-refractivity contribution >= 4 is 11.6 Å². The van der Waals surface area contributed by atoms with Crippen molar-refractivity contribution in [3.63, 3.8) is 0 Å². The monoisotopic (exact) mass is 327 g/mol. The van der Waals surface area contributed by atoms with Gasteiger partial charge in [-0.15, -0.1) is 0 Å². The van der Waals surface area contributed by atoms with Crippen LogP contribution in [0.4, 0.5) is 0 Å². The number of hydrogen-bond acceptors (Lipinski definition) is 3. The second kappa shape index (κ2) is 10.7. The first kappa shape index (κ1) is 19.1. The van der Waals surface area contributed by atoms with Crippen LogP contribution in [-0.4, -0.2) is 19.8 Å². The molecule has 0 heterocycles. The molecular formula is C18H30ClNO2. The highest BCUT2D eigenvalue weighted by atomic mass is 35.5. The topological polar surface area (TPSA) is 44.5 Å². The van der Waals surface area contributed by atoms with Crippen molar-refractivity contribution in [3.8, 4) is 11.5 Å². The minimum Gasteiger partial charge on any atom is -0.493 e. The first-order valence-electron chi connectivity index (χ1n) is 8.46. The Labute approximate surface area is 140 Å². The number of benzene rings is 1. The fourth-order valence-corrected chi connectivity index (χ4v) is 2.70. The number of rotatable bonds is 11.